The van der Waals surface area contributed by atoms with Crippen molar-refractivity contribution in [3.05, 3.63) is 45.8 Å². The second-order valence-electron chi connectivity index (χ2n) is 6.39. The minimum absolute atomic E-state index is 0.0442. The average molecular weight is 375 g/mol. The van der Waals surface area contributed by atoms with E-state index >= 15 is 0 Å². The zero-order valence-electron chi connectivity index (χ0n) is 15.9. The smallest absolute Gasteiger partial charge is 0.243 e. The standard InChI is InChI=1S/C19H25N3O3S/c1-11-6-12(2)19(13(3)7-11)21-17(23)8-20-18(24)10-26-9-16-14(4)22-25-15(16)5/h6-7H,8-10H2,1-5H3,(H,20,24)(H,21,23). The third kappa shape index (κ3) is 5.36. The Morgan fingerprint density at radius 3 is 2.31 bits per heavy atom. The van der Waals surface area contributed by atoms with E-state index in [-0.39, 0.29) is 24.1 Å². The molecule has 1 aromatic carbocycles. The van der Waals surface area contributed by atoms with Gasteiger partial charge in [-0.2, -0.15) is 0 Å². The molecule has 2 N–H and O–H groups in total. The van der Waals surface area contributed by atoms with Crippen LogP contribution in [0, 0.1) is 34.6 Å². The van der Waals surface area contributed by atoms with Gasteiger partial charge in [0.15, 0.2) is 0 Å². The summed E-state index contributed by atoms with van der Waals surface area (Å²) in [7, 11) is 0. The van der Waals surface area contributed by atoms with Crippen molar-refractivity contribution in [2.45, 2.75) is 40.4 Å². The fourth-order valence-electron chi connectivity index (χ4n) is 2.74. The molecule has 0 unspecified atom stereocenters. The van der Waals surface area contributed by atoms with Crippen molar-refractivity contribution >= 4 is 29.3 Å². The molecule has 0 bridgehead atoms. The Hall–Kier alpha value is -2.28. The summed E-state index contributed by atoms with van der Waals surface area (Å²) < 4.78 is 5.10. The number of nitrogens with one attached hydrogen (secondary N) is 2. The van der Waals surface area contributed by atoms with Gasteiger partial charge in [0.2, 0.25) is 11.8 Å². The second kappa shape index (κ2) is 8.89. The molecule has 0 atom stereocenters. The summed E-state index contributed by atoms with van der Waals surface area (Å²) in [5.41, 5.74) is 5.85. The van der Waals surface area contributed by atoms with E-state index in [9.17, 15) is 9.59 Å². The lowest BCUT2D eigenvalue weighted by molar-refractivity contribution is -0.122. The molecule has 0 fully saturated rings. The fourth-order valence-corrected chi connectivity index (χ4v) is 3.75. The Kier molecular flexibility index (Phi) is 6.85. The van der Waals surface area contributed by atoms with Crippen molar-refractivity contribution in [1.82, 2.24) is 10.5 Å². The van der Waals surface area contributed by atoms with Crippen LogP contribution in [0.25, 0.3) is 0 Å². The molecular formula is C19H25N3O3S. The van der Waals surface area contributed by atoms with Crippen LogP contribution in [0.2, 0.25) is 0 Å². The lowest BCUT2D eigenvalue weighted by atomic mass is 10.1. The molecule has 0 aliphatic heterocycles. The van der Waals surface area contributed by atoms with Crippen molar-refractivity contribution in [2.24, 2.45) is 0 Å². The maximum absolute atomic E-state index is 12.1. The highest BCUT2D eigenvalue weighted by Crippen LogP contribution is 2.22. The van der Waals surface area contributed by atoms with Gasteiger partial charge in [0.25, 0.3) is 0 Å². The van der Waals surface area contributed by atoms with Crippen LogP contribution in [0.4, 0.5) is 5.69 Å². The number of hydrogen-bond acceptors (Lipinski definition) is 5. The van der Waals surface area contributed by atoms with E-state index in [0.717, 1.165) is 39.4 Å². The Labute approximate surface area is 158 Å². The molecule has 140 valence electrons. The van der Waals surface area contributed by atoms with E-state index in [1.165, 1.54) is 11.8 Å². The molecule has 2 amide bonds. The van der Waals surface area contributed by atoms with Crippen molar-refractivity contribution in [3.8, 4) is 0 Å². The maximum atomic E-state index is 12.1. The lowest BCUT2D eigenvalue weighted by Crippen LogP contribution is -2.34. The van der Waals surface area contributed by atoms with Gasteiger partial charge in [-0.15, -0.1) is 11.8 Å². The van der Waals surface area contributed by atoms with E-state index in [4.69, 9.17) is 4.52 Å². The third-order valence-corrected chi connectivity index (χ3v) is 5.01. The number of anilines is 1. The molecule has 0 aliphatic carbocycles. The Morgan fingerprint density at radius 1 is 1.08 bits per heavy atom. The van der Waals surface area contributed by atoms with Crippen LogP contribution in [-0.2, 0) is 15.3 Å². The monoisotopic (exact) mass is 375 g/mol. The van der Waals surface area contributed by atoms with Crippen molar-refractivity contribution < 1.29 is 14.1 Å². The van der Waals surface area contributed by atoms with Gasteiger partial charge in [0.1, 0.15) is 5.76 Å². The van der Waals surface area contributed by atoms with Gasteiger partial charge in [-0.05, 0) is 45.7 Å². The molecule has 0 aliphatic rings. The summed E-state index contributed by atoms with van der Waals surface area (Å²) in [5, 5.41) is 9.42. The number of amides is 2. The molecule has 6 nitrogen and oxygen atoms in total. The van der Waals surface area contributed by atoms with Crippen molar-refractivity contribution in [1.29, 1.82) is 0 Å². The van der Waals surface area contributed by atoms with Crippen LogP contribution in [0.5, 0.6) is 0 Å². The van der Waals surface area contributed by atoms with Gasteiger partial charge in [-0.1, -0.05) is 22.9 Å². The minimum Gasteiger partial charge on any atom is -0.361 e. The van der Waals surface area contributed by atoms with Gasteiger partial charge in [0.05, 0.1) is 18.0 Å². The highest BCUT2D eigenvalue weighted by atomic mass is 32.2. The highest BCUT2D eigenvalue weighted by Gasteiger charge is 2.12. The molecule has 1 heterocycles. The summed E-state index contributed by atoms with van der Waals surface area (Å²) in [5.74, 6) is 1.31. The van der Waals surface area contributed by atoms with Crippen LogP contribution in [-0.4, -0.2) is 29.3 Å². The van der Waals surface area contributed by atoms with Crippen LogP contribution in [0.15, 0.2) is 16.7 Å². The summed E-state index contributed by atoms with van der Waals surface area (Å²) in [6.45, 7) is 9.63. The van der Waals surface area contributed by atoms with E-state index in [2.05, 4.69) is 15.8 Å². The molecule has 2 aromatic rings. The number of carbonyl (C=O) groups is 2. The van der Waals surface area contributed by atoms with Gasteiger partial charge in [-0.3, -0.25) is 9.59 Å². The number of aryl methyl sites for hydroxylation is 5. The number of nitrogens with zero attached hydrogens (tertiary/aromatic N) is 1. The zero-order valence-corrected chi connectivity index (χ0v) is 16.7. The number of benzene rings is 1. The second-order valence-corrected chi connectivity index (χ2v) is 7.38. The van der Waals surface area contributed by atoms with Crippen molar-refractivity contribution in [3.63, 3.8) is 0 Å². The number of carbonyl (C=O) groups excluding carboxylic acids is 2. The Bertz CT molecular complexity index is 772. The summed E-state index contributed by atoms with van der Waals surface area (Å²) in [4.78, 5) is 24.0. The van der Waals surface area contributed by atoms with E-state index in [0.29, 0.717) is 5.75 Å². The van der Waals surface area contributed by atoms with E-state index in [1.807, 2.05) is 46.8 Å². The predicted molar refractivity (Wildman–Crippen MR) is 104 cm³/mol. The molecule has 1 aromatic heterocycles. The Balaban J connectivity index is 1.76. The lowest BCUT2D eigenvalue weighted by Gasteiger charge is -2.13. The first-order valence-electron chi connectivity index (χ1n) is 8.41. The number of aromatic nitrogens is 1. The quantitative estimate of drug-likeness (QED) is 0.776. The van der Waals surface area contributed by atoms with Gasteiger partial charge < -0.3 is 15.2 Å². The van der Waals surface area contributed by atoms with Crippen LogP contribution in [0.1, 0.15) is 33.7 Å². The van der Waals surface area contributed by atoms with Crippen LogP contribution in [0.3, 0.4) is 0 Å². The fraction of sp³-hybridized carbons (Fsp3) is 0.421. The summed E-state index contributed by atoms with van der Waals surface area (Å²) >= 11 is 1.47. The van der Waals surface area contributed by atoms with Gasteiger partial charge >= 0.3 is 0 Å². The average Bonchev–Trinajstić information content (AvgIpc) is 2.88. The first kappa shape index (κ1) is 20.0. The SMILES string of the molecule is Cc1cc(C)c(NC(=O)CNC(=O)CSCc2c(C)noc2C)c(C)c1. The maximum Gasteiger partial charge on any atom is 0.243 e. The molecular weight excluding hydrogens is 350 g/mol. The van der Waals surface area contributed by atoms with Crippen LogP contribution < -0.4 is 10.6 Å². The summed E-state index contributed by atoms with van der Waals surface area (Å²) in [6.07, 6.45) is 0. The van der Waals surface area contributed by atoms with E-state index < -0.39 is 0 Å². The minimum atomic E-state index is -0.232. The topological polar surface area (TPSA) is 84.2 Å². The third-order valence-electron chi connectivity index (χ3n) is 4.05. The Morgan fingerprint density at radius 2 is 1.73 bits per heavy atom. The molecule has 2 rings (SSSR count). The molecule has 7 heteroatoms. The summed E-state index contributed by atoms with van der Waals surface area (Å²) in [6, 6.07) is 4.04. The zero-order chi connectivity index (χ0) is 19.3. The number of thioether (sulfide) groups is 1. The normalized spacial score (nSPS) is 10.7. The van der Waals surface area contributed by atoms with Gasteiger partial charge in [-0.25, -0.2) is 0 Å². The van der Waals surface area contributed by atoms with Crippen molar-refractivity contribution in [2.75, 3.05) is 17.6 Å². The molecule has 0 radical (unpaired) electrons. The molecule has 0 saturated heterocycles. The number of hydrogen-bond donors (Lipinski definition) is 2. The molecule has 0 saturated carbocycles. The number of rotatable bonds is 7. The highest BCUT2D eigenvalue weighted by molar-refractivity contribution is 7.99. The molecule has 26 heavy (non-hydrogen) atoms. The first-order valence-corrected chi connectivity index (χ1v) is 9.57. The van der Waals surface area contributed by atoms with Gasteiger partial charge in [0, 0.05) is 17.0 Å². The molecule has 0 spiro atoms. The largest absolute Gasteiger partial charge is 0.361 e. The van der Waals surface area contributed by atoms with Crippen LogP contribution >= 0.6 is 11.8 Å². The first-order chi connectivity index (χ1) is 12.3. The predicted octanol–water partition coefficient (Wildman–Crippen LogP) is 3.20. The van der Waals surface area contributed by atoms with E-state index in [1.54, 1.807) is 0 Å².